The smallest absolute Gasteiger partial charge is 0.225 e. The van der Waals surface area contributed by atoms with Gasteiger partial charge in [-0.15, -0.1) is 6.58 Å². The van der Waals surface area contributed by atoms with Crippen LogP contribution >= 0.6 is 0 Å². The Morgan fingerprint density at radius 1 is 1.00 bits per heavy atom. The van der Waals surface area contributed by atoms with Gasteiger partial charge in [0.15, 0.2) is 5.78 Å². The fourth-order valence-corrected chi connectivity index (χ4v) is 4.41. The van der Waals surface area contributed by atoms with Gasteiger partial charge in [-0.3, -0.25) is 18.8 Å². The SMILES string of the molecule is C=CCCC(/C=C(\C)CNCCC(=O)[C@H](Cc1ccccc1)NC(=O)Cc1cccc(NC(=O)CCC)c1)CF. The molecular formula is C33H44FN3O3. The molecule has 0 saturated carbocycles. The van der Waals surface area contributed by atoms with Gasteiger partial charge in [0.25, 0.3) is 0 Å². The molecule has 2 rings (SSSR count). The first-order chi connectivity index (χ1) is 19.3. The van der Waals surface area contributed by atoms with Gasteiger partial charge in [0.2, 0.25) is 11.8 Å². The third kappa shape index (κ3) is 13.0. The number of carbonyl (C=O) groups is 3. The summed E-state index contributed by atoms with van der Waals surface area (Å²) in [5.41, 5.74) is 3.39. The average Bonchev–Trinajstić information content (AvgIpc) is 2.93. The number of halogens is 1. The Balaban J connectivity index is 1.96. The summed E-state index contributed by atoms with van der Waals surface area (Å²) >= 11 is 0. The van der Waals surface area contributed by atoms with Crippen molar-refractivity contribution in [3.05, 3.63) is 90.0 Å². The topological polar surface area (TPSA) is 87.3 Å². The van der Waals surface area contributed by atoms with Crippen LogP contribution in [0.25, 0.3) is 0 Å². The minimum Gasteiger partial charge on any atom is -0.346 e. The van der Waals surface area contributed by atoms with E-state index < -0.39 is 12.7 Å². The normalized spacial score (nSPS) is 12.8. The molecule has 0 aliphatic heterocycles. The van der Waals surface area contributed by atoms with Gasteiger partial charge in [-0.2, -0.15) is 0 Å². The number of carbonyl (C=O) groups excluding carboxylic acids is 3. The molecule has 2 amide bonds. The number of anilines is 1. The number of ketones is 1. The number of alkyl halides is 1. The molecule has 7 heteroatoms. The van der Waals surface area contributed by atoms with Gasteiger partial charge in [-0.05, 0) is 55.9 Å². The highest BCUT2D eigenvalue weighted by molar-refractivity contribution is 5.92. The lowest BCUT2D eigenvalue weighted by atomic mass is 9.99. The van der Waals surface area contributed by atoms with E-state index in [4.69, 9.17) is 0 Å². The van der Waals surface area contributed by atoms with Crippen molar-refractivity contribution in [1.29, 1.82) is 0 Å². The Morgan fingerprint density at radius 2 is 1.75 bits per heavy atom. The summed E-state index contributed by atoms with van der Waals surface area (Å²) in [5.74, 6) is -0.499. The molecule has 0 aromatic heterocycles. The molecule has 216 valence electrons. The van der Waals surface area contributed by atoms with E-state index in [0.29, 0.717) is 31.6 Å². The molecule has 3 N–H and O–H groups in total. The van der Waals surface area contributed by atoms with Crippen LogP contribution in [0, 0.1) is 5.92 Å². The van der Waals surface area contributed by atoms with Crippen LogP contribution in [-0.4, -0.2) is 43.4 Å². The Kier molecular flexibility index (Phi) is 15.2. The molecule has 2 aromatic rings. The van der Waals surface area contributed by atoms with Crippen molar-refractivity contribution in [1.82, 2.24) is 10.6 Å². The second-order valence-electron chi connectivity index (χ2n) is 10.2. The van der Waals surface area contributed by atoms with Crippen molar-refractivity contribution in [3.8, 4) is 0 Å². The third-order valence-electron chi connectivity index (χ3n) is 6.47. The Morgan fingerprint density at radius 3 is 2.45 bits per heavy atom. The number of allylic oxidation sites excluding steroid dienone is 2. The summed E-state index contributed by atoms with van der Waals surface area (Å²) in [5, 5.41) is 9.05. The zero-order valence-electron chi connectivity index (χ0n) is 23.9. The van der Waals surface area contributed by atoms with E-state index in [0.717, 1.165) is 36.0 Å². The zero-order chi connectivity index (χ0) is 29.2. The molecule has 0 radical (unpaired) electrons. The van der Waals surface area contributed by atoms with Crippen molar-refractivity contribution in [2.24, 2.45) is 5.92 Å². The number of amides is 2. The molecule has 2 aromatic carbocycles. The van der Waals surface area contributed by atoms with Crippen molar-refractivity contribution in [2.75, 3.05) is 25.1 Å². The van der Waals surface area contributed by atoms with E-state index >= 15 is 0 Å². The molecule has 0 fully saturated rings. The minimum absolute atomic E-state index is 0.0560. The fraction of sp³-hybridized carbons (Fsp3) is 0.424. The number of hydrogen-bond acceptors (Lipinski definition) is 4. The predicted molar refractivity (Wildman–Crippen MR) is 161 cm³/mol. The highest BCUT2D eigenvalue weighted by Gasteiger charge is 2.21. The molecule has 0 bridgehead atoms. The predicted octanol–water partition coefficient (Wildman–Crippen LogP) is 5.74. The maximum atomic E-state index is 13.2. The summed E-state index contributed by atoms with van der Waals surface area (Å²) in [6.07, 6.45) is 7.20. The Hall–Kier alpha value is -3.58. The standard InChI is InChI=1S/C33H44FN3O3/c1-4-6-12-28(23-34)19-25(3)24-35-18-17-31(38)30(21-26-13-8-7-9-14-26)37-33(40)22-27-15-10-16-29(20-27)36-32(39)11-5-2/h4,7-10,13-16,19-20,28,30,35H,1,5-6,11-12,17-18,21-24H2,2-3H3,(H,36,39)(H,37,40)/b25-19+/t28?,30-/m0/s1. The van der Waals surface area contributed by atoms with Gasteiger partial charge in [-0.1, -0.05) is 67.1 Å². The second-order valence-corrected chi connectivity index (χ2v) is 10.2. The van der Waals surface area contributed by atoms with E-state index in [-0.39, 0.29) is 36.4 Å². The van der Waals surface area contributed by atoms with Crippen molar-refractivity contribution >= 4 is 23.3 Å². The first-order valence-electron chi connectivity index (χ1n) is 14.1. The molecular weight excluding hydrogens is 505 g/mol. The summed E-state index contributed by atoms with van der Waals surface area (Å²) in [4.78, 5) is 38.1. The highest BCUT2D eigenvalue weighted by atomic mass is 19.1. The second kappa shape index (κ2) is 18.7. The Bertz CT molecular complexity index is 1120. The first-order valence-corrected chi connectivity index (χ1v) is 14.1. The van der Waals surface area contributed by atoms with Gasteiger partial charge in [0.1, 0.15) is 0 Å². The first kappa shape index (κ1) is 32.6. The molecule has 0 aliphatic rings. The number of nitrogens with one attached hydrogen (secondary N) is 3. The molecule has 0 spiro atoms. The van der Waals surface area contributed by atoms with Crippen molar-refractivity contribution in [3.63, 3.8) is 0 Å². The quantitative estimate of drug-likeness (QED) is 0.154. The average molecular weight is 550 g/mol. The molecule has 0 heterocycles. The van der Waals surface area contributed by atoms with E-state index in [1.807, 2.05) is 56.3 Å². The molecule has 40 heavy (non-hydrogen) atoms. The summed E-state index contributed by atoms with van der Waals surface area (Å²) in [7, 11) is 0. The summed E-state index contributed by atoms with van der Waals surface area (Å²) < 4.78 is 13.2. The lowest BCUT2D eigenvalue weighted by molar-refractivity contribution is -0.127. The molecule has 1 unspecified atom stereocenters. The van der Waals surface area contributed by atoms with Gasteiger partial charge >= 0.3 is 0 Å². The minimum atomic E-state index is -0.657. The van der Waals surface area contributed by atoms with Crippen LogP contribution < -0.4 is 16.0 Å². The van der Waals surface area contributed by atoms with Crippen LogP contribution in [0.15, 0.2) is 78.9 Å². The lowest BCUT2D eigenvalue weighted by Crippen LogP contribution is -2.44. The van der Waals surface area contributed by atoms with Gasteiger partial charge in [0, 0.05) is 37.5 Å². The van der Waals surface area contributed by atoms with Crippen LogP contribution in [0.1, 0.15) is 57.1 Å². The molecule has 0 aliphatic carbocycles. The monoisotopic (exact) mass is 549 g/mol. The molecule has 6 nitrogen and oxygen atoms in total. The fourth-order valence-electron chi connectivity index (χ4n) is 4.41. The highest BCUT2D eigenvalue weighted by Crippen LogP contribution is 2.14. The molecule has 2 atom stereocenters. The van der Waals surface area contributed by atoms with Gasteiger partial charge in [-0.25, -0.2) is 0 Å². The maximum Gasteiger partial charge on any atom is 0.225 e. The maximum absolute atomic E-state index is 13.2. The van der Waals surface area contributed by atoms with Crippen LogP contribution in [0.4, 0.5) is 10.1 Å². The van der Waals surface area contributed by atoms with E-state index in [9.17, 15) is 18.8 Å². The van der Waals surface area contributed by atoms with E-state index in [1.54, 1.807) is 24.3 Å². The lowest BCUT2D eigenvalue weighted by Gasteiger charge is -2.19. The number of rotatable bonds is 19. The van der Waals surface area contributed by atoms with Gasteiger partial charge < -0.3 is 16.0 Å². The van der Waals surface area contributed by atoms with Crippen molar-refractivity contribution < 1.29 is 18.8 Å². The van der Waals surface area contributed by atoms with E-state index in [2.05, 4.69) is 22.5 Å². The van der Waals surface area contributed by atoms with Crippen molar-refractivity contribution in [2.45, 2.75) is 64.8 Å². The van der Waals surface area contributed by atoms with E-state index in [1.165, 1.54) is 0 Å². The third-order valence-corrected chi connectivity index (χ3v) is 6.47. The number of hydrogen-bond donors (Lipinski definition) is 3. The zero-order valence-corrected chi connectivity index (χ0v) is 23.9. The summed E-state index contributed by atoms with van der Waals surface area (Å²) in [6, 6.07) is 16.2. The van der Waals surface area contributed by atoms with Crippen LogP contribution in [0.2, 0.25) is 0 Å². The summed E-state index contributed by atoms with van der Waals surface area (Å²) in [6.45, 7) is 8.21. The largest absolute Gasteiger partial charge is 0.346 e. The van der Waals surface area contributed by atoms with Crippen LogP contribution in [-0.2, 0) is 27.2 Å². The Labute approximate surface area is 238 Å². The number of Topliss-reactive ketones (excluding diaryl/α,β-unsaturated/α-hetero) is 1. The van der Waals surface area contributed by atoms with Gasteiger partial charge in [0.05, 0.1) is 19.1 Å². The molecule has 0 saturated heterocycles. The van der Waals surface area contributed by atoms with Crippen LogP contribution in [0.5, 0.6) is 0 Å². The number of benzene rings is 2. The van der Waals surface area contributed by atoms with Crippen LogP contribution in [0.3, 0.4) is 0 Å².